The molecule has 0 radical (unpaired) electrons. The first kappa shape index (κ1) is 15.0. The maximum absolute atomic E-state index is 12.0. The van der Waals surface area contributed by atoms with Crippen LogP contribution in [0.3, 0.4) is 0 Å². The second kappa shape index (κ2) is 6.89. The Hall–Kier alpha value is -1.92. The first-order valence-electron chi connectivity index (χ1n) is 6.88. The lowest BCUT2D eigenvalue weighted by molar-refractivity contribution is -0.118. The van der Waals surface area contributed by atoms with Crippen molar-refractivity contribution in [3.63, 3.8) is 0 Å². The molecule has 6 heteroatoms. The topological polar surface area (TPSA) is 53.8 Å². The Labute approximate surface area is 137 Å². The van der Waals surface area contributed by atoms with Crippen LogP contribution in [-0.2, 0) is 11.2 Å². The molecular weight excluding hydrogens is 314 g/mol. The first-order valence-corrected chi connectivity index (χ1v) is 8.64. The maximum Gasteiger partial charge on any atom is 0.239 e. The van der Waals surface area contributed by atoms with Crippen LogP contribution >= 0.6 is 23.1 Å². The van der Waals surface area contributed by atoms with E-state index >= 15 is 0 Å². The second-order valence-corrected chi connectivity index (χ2v) is 7.12. The van der Waals surface area contributed by atoms with E-state index in [1.165, 1.54) is 17.3 Å². The van der Waals surface area contributed by atoms with Gasteiger partial charge in [0, 0.05) is 4.88 Å². The van der Waals surface area contributed by atoms with Crippen molar-refractivity contribution in [2.24, 2.45) is 10.2 Å². The predicted octanol–water partition coefficient (Wildman–Crippen LogP) is 3.22. The van der Waals surface area contributed by atoms with E-state index in [1.54, 1.807) is 17.6 Å². The number of aryl methyl sites for hydroxylation is 1. The number of carbonyl (C=O) groups excluding carboxylic acids is 1. The molecule has 0 saturated carbocycles. The van der Waals surface area contributed by atoms with Crippen molar-refractivity contribution in [2.45, 2.75) is 18.6 Å². The summed E-state index contributed by atoms with van der Waals surface area (Å²) in [6, 6.07) is 12.2. The van der Waals surface area contributed by atoms with E-state index in [2.05, 4.69) is 46.7 Å². The standard InChI is InChI=1S/C16H15N3OS2/c1-11-4-6-12(7-5-11)9-14-15(20)18-16(22-14)19-17-10-13-3-2-8-21-13/h2-8,10,14H,9H2,1H3,(H,18,19,20)/b17-10+. The molecule has 0 spiro atoms. The Balaban J connectivity index is 1.61. The molecule has 22 heavy (non-hydrogen) atoms. The van der Waals surface area contributed by atoms with Gasteiger partial charge < -0.3 is 5.32 Å². The molecule has 1 saturated heterocycles. The van der Waals surface area contributed by atoms with Gasteiger partial charge in [0.25, 0.3) is 0 Å². The number of hydrogen-bond donors (Lipinski definition) is 1. The predicted molar refractivity (Wildman–Crippen MR) is 93.8 cm³/mol. The minimum Gasteiger partial charge on any atom is -0.303 e. The number of amides is 1. The third kappa shape index (κ3) is 3.84. The van der Waals surface area contributed by atoms with Crippen molar-refractivity contribution in [1.29, 1.82) is 0 Å². The molecule has 1 atom stereocenters. The quantitative estimate of drug-likeness (QED) is 0.692. The molecule has 1 aromatic heterocycles. The van der Waals surface area contributed by atoms with Gasteiger partial charge in [-0.2, -0.15) is 5.10 Å². The number of amidine groups is 1. The summed E-state index contributed by atoms with van der Waals surface area (Å²) in [5.74, 6) is -0.00403. The highest BCUT2D eigenvalue weighted by molar-refractivity contribution is 8.15. The largest absolute Gasteiger partial charge is 0.303 e. The Kier molecular flexibility index (Phi) is 4.70. The van der Waals surface area contributed by atoms with Crippen LogP contribution in [0.25, 0.3) is 0 Å². The van der Waals surface area contributed by atoms with Gasteiger partial charge in [0.2, 0.25) is 5.91 Å². The molecular formula is C16H15N3OS2. The van der Waals surface area contributed by atoms with E-state index in [0.29, 0.717) is 11.6 Å². The molecule has 4 nitrogen and oxygen atoms in total. The summed E-state index contributed by atoms with van der Waals surface area (Å²) in [6.07, 6.45) is 2.39. The van der Waals surface area contributed by atoms with Gasteiger partial charge in [0.1, 0.15) is 0 Å². The number of nitrogens with one attached hydrogen (secondary N) is 1. The van der Waals surface area contributed by atoms with Gasteiger partial charge in [-0.3, -0.25) is 4.79 Å². The number of nitrogens with zero attached hydrogens (tertiary/aromatic N) is 2. The van der Waals surface area contributed by atoms with Gasteiger partial charge in [-0.1, -0.05) is 47.7 Å². The molecule has 1 aliphatic heterocycles. The second-order valence-electron chi connectivity index (χ2n) is 4.95. The highest BCUT2D eigenvalue weighted by atomic mass is 32.2. The third-order valence-electron chi connectivity index (χ3n) is 3.19. The van der Waals surface area contributed by atoms with Crippen LogP contribution in [-0.4, -0.2) is 22.5 Å². The summed E-state index contributed by atoms with van der Waals surface area (Å²) in [6.45, 7) is 2.05. The van der Waals surface area contributed by atoms with Crippen molar-refractivity contribution >= 4 is 40.4 Å². The average molecular weight is 329 g/mol. The molecule has 3 rings (SSSR count). The van der Waals surface area contributed by atoms with E-state index in [0.717, 1.165) is 10.4 Å². The Bertz CT molecular complexity index is 706. The molecule has 1 aromatic carbocycles. The summed E-state index contributed by atoms with van der Waals surface area (Å²) >= 11 is 3.03. The van der Waals surface area contributed by atoms with Crippen LogP contribution in [0.4, 0.5) is 0 Å². The van der Waals surface area contributed by atoms with Crippen molar-refractivity contribution < 1.29 is 4.79 Å². The van der Waals surface area contributed by atoms with E-state index in [1.807, 2.05) is 17.5 Å². The van der Waals surface area contributed by atoms with Gasteiger partial charge in [0.15, 0.2) is 5.17 Å². The van der Waals surface area contributed by atoms with Crippen LogP contribution in [0.15, 0.2) is 52.0 Å². The molecule has 1 aliphatic rings. The van der Waals surface area contributed by atoms with Crippen LogP contribution < -0.4 is 5.32 Å². The lowest BCUT2D eigenvalue weighted by Gasteiger charge is -2.05. The summed E-state index contributed by atoms with van der Waals surface area (Å²) in [4.78, 5) is 13.0. The molecule has 2 heterocycles. The van der Waals surface area contributed by atoms with E-state index in [4.69, 9.17) is 0 Å². The molecule has 1 fully saturated rings. The summed E-state index contributed by atoms with van der Waals surface area (Å²) < 4.78 is 0. The van der Waals surface area contributed by atoms with Crippen LogP contribution in [0.1, 0.15) is 16.0 Å². The van der Waals surface area contributed by atoms with Crippen molar-refractivity contribution in [3.05, 3.63) is 57.8 Å². The molecule has 1 N–H and O–H groups in total. The fourth-order valence-electron chi connectivity index (χ4n) is 2.03. The summed E-state index contributed by atoms with van der Waals surface area (Å²) in [5, 5.41) is 13.3. The van der Waals surface area contributed by atoms with E-state index in [-0.39, 0.29) is 11.2 Å². The number of carbonyl (C=O) groups is 1. The Morgan fingerprint density at radius 2 is 2.09 bits per heavy atom. The zero-order valence-corrected chi connectivity index (χ0v) is 13.7. The van der Waals surface area contributed by atoms with Gasteiger partial charge in [-0.05, 0) is 30.4 Å². The molecule has 1 unspecified atom stereocenters. The lowest BCUT2D eigenvalue weighted by Crippen LogP contribution is -2.25. The van der Waals surface area contributed by atoms with Gasteiger partial charge >= 0.3 is 0 Å². The summed E-state index contributed by atoms with van der Waals surface area (Å²) in [7, 11) is 0. The van der Waals surface area contributed by atoms with E-state index in [9.17, 15) is 4.79 Å². The molecule has 2 aromatic rings. The fourth-order valence-corrected chi connectivity index (χ4v) is 3.57. The van der Waals surface area contributed by atoms with Gasteiger partial charge in [-0.15, -0.1) is 16.4 Å². The molecule has 0 bridgehead atoms. The zero-order chi connectivity index (χ0) is 15.4. The maximum atomic E-state index is 12.0. The normalized spacial score (nSPS) is 20.0. The Morgan fingerprint density at radius 3 is 2.82 bits per heavy atom. The van der Waals surface area contributed by atoms with Crippen LogP contribution in [0.2, 0.25) is 0 Å². The molecule has 112 valence electrons. The van der Waals surface area contributed by atoms with Crippen LogP contribution in [0.5, 0.6) is 0 Å². The third-order valence-corrected chi connectivity index (χ3v) is 5.07. The summed E-state index contributed by atoms with van der Waals surface area (Å²) in [5.41, 5.74) is 2.37. The minimum atomic E-state index is -0.140. The molecule has 0 aliphatic carbocycles. The number of rotatable bonds is 4. The fraction of sp³-hybridized carbons (Fsp3) is 0.188. The van der Waals surface area contributed by atoms with Gasteiger partial charge in [-0.25, -0.2) is 0 Å². The van der Waals surface area contributed by atoms with Gasteiger partial charge in [0.05, 0.1) is 11.5 Å². The SMILES string of the molecule is Cc1ccc(CC2S/C(=N/N=C/c3cccs3)NC2=O)cc1. The number of hydrogen-bond acceptors (Lipinski definition) is 5. The monoisotopic (exact) mass is 329 g/mol. The van der Waals surface area contributed by atoms with E-state index < -0.39 is 0 Å². The number of benzene rings is 1. The molecule has 1 amide bonds. The highest BCUT2D eigenvalue weighted by Gasteiger charge is 2.30. The van der Waals surface area contributed by atoms with Crippen molar-refractivity contribution in [3.8, 4) is 0 Å². The van der Waals surface area contributed by atoms with Crippen molar-refractivity contribution in [2.75, 3.05) is 0 Å². The Morgan fingerprint density at radius 1 is 1.27 bits per heavy atom. The average Bonchev–Trinajstić information content (AvgIpc) is 3.12. The zero-order valence-electron chi connectivity index (χ0n) is 12.0. The lowest BCUT2D eigenvalue weighted by atomic mass is 10.1. The number of thiophene rings is 1. The minimum absolute atomic E-state index is 0.00403. The van der Waals surface area contributed by atoms with Crippen molar-refractivity contribution in [1.82, 2.24) is 5.32 Å². The smallest absolute Gasteiger partial charge is 0.239 e. The van der Waals surface area contributed by atoms with Crippen LogP contribution in [0, 0.1) is 6.92 Å². The first-order chi connectivity index (χ1) is 10.7. The highest BCUT2D eigenvalue weighted by Crippen LogP contribution is 2.23. The number of thioether (sulfide) groups is 1.